The number of ether oxygens (including phenoxy) is 2. The van der Waals surface area contributed by atoms with Gasteiger partial charge in [0.15, 0.2) is 0 Å². The van der Waals surface area contributed by atoms with E-state index in [0.29, 0.717) is 52.3 Å². The minimum atomic E-state index is -0.716. The summed E-state index contributed by atoms with van der Waals surface area (Å²) in [5.41, 5.74) is 0. The minimum absolute atomic E-state index is 0.0202. The Morgan fingerprint density at radius 3 is 2.00 bits per heavy atom. The Labute approximate surface area is 186 Å². The fraction of sp³-hybridized carbons (Fsp3) is 0.818. The molecule has 0 unspecified atom stereocenters. The van der Waals surface area contributed by atoms with Gasteiger partial charge in [-0.15, -0.1) is 0 Å². The zero-order chi connectivity index (χ0) is 23.0. The summed E-state index contributed by atoms with van der Waals surface area (Å²) < 4.78 is 10.6. The van der Waals surface area contributed by atoms with Gasteiger partial charge >= 0.3 is 5.97 Å². The van der Waals surface area contributed by atoms with E-state index in [9.17, 15) is 14.4 Å². The van der Waals surface area contributed by atoms with Crippen LogP contribution in [-0.4, -0.2) is 75.7 Å². The molecule has 0 bridgehead atoms. The van der Waals surface area contributed by atoms with E-state index < -0.39 is 5.97 Å². The number of amides is 2. The lowest BCUT2D eigenvalue weighted by atomic mass is 10.1. The summed E-state index contributed by atoms with van der Waals surface area (Å²) in [5, 5.41) is 14.2. The molecule has 0 aromatic carbocycles. The normalized spacial score (nSPS) is 10.6. The number of aliphatic imine (C=N–C) groups is 1. The molecule has 0 atom stereocenters. The van der Waals surface area contributed by atoms with E-state index in [1.54, 1.807) is 0 Å². The molecule has 0 saturated heterocycles. The summed E-state index contributed by atoms with van der Waals surface area (Å²) in [6, 6.07) is 0. The first kappa shape index (κ1) is 29.0. The molecule has 3 N–H and O–H groups in total. The Kier molecular flexibility index (Phi) is 21.2. The third kappa shape index (κ3) is 24.1. The average molecular weight is 444 g/mol. The van der Waals surface area contributed by atoms with Crippen LogP contribution >= 0.6 is 0 Å². The second-order valence-electron chi connectivity index (χ2n) is 7.39. The summed E-state index contributed by atoms with van der Waals surface area (Å²) in [6.45, 7) is 6.20. The third-order valence-electron chi connectivity index (χ3n) is 4.53. The third-order valence-corrected chi connectivity index (χ3v) is 4.53. The van der Waals surface area contributed by atoms with Crippen LogP contribution < -0.4 is 10.6 Å². The number of rotatable bonds is 23. The van der Waals surface area contributed by atoms with Gasteiger partial charge in [-0.3, -0.25) is 14.4 Å². The quantitative estimate of drug-likeness (QED) is 0.164. The van der Waals surface area contributed by atoms with Gasteiger partial charge in [0.1, 0.15) is 6.61 Å². The molecule has 0 fully saturated rings. The van der Waals surface area contributed by atoms with Gasteiger partial charge < -0.3 is 30.2 Å². The van der Waals surface area contributed by atoms with Gasteiger partial charge in [0, 0.05) is 32.5 Å². The van der Waals surface area contributed by atoms with Crippen molar-refractivity contribution >= 4 is 24.5 Å². The summed E-state index contributed by atoms with van der Waals surface area (Å²) in [4.78, 5) is 37.2. The number of aliphatic carboxylic acids is 1. The molecule has 0 heterocycles. The lowest BCUT2D eigenvalue weighted by Gasteiger charge is -2.08. The standard InChI is InChI=1S/C22H41N3O6/c1-23-13-10-11-20(26)25-15-16-30-17-18-31-19-21(27)24-14-9-7-5-3-2-4-6-8-12-22(28)29/h1-19H2,(H,24,27)(H,25,26)(H,28,29). The molecule has 0 aliphatic carbocycles. The van der Waals surface area contributed by atoms with E-state index in [4.69, 9.17) is 14.6 Å². The second-order valence-corrected chi connectivity index (χ2v) is 7.39. The molecule has 0 radical (unpaired) electrons. The van der Waals surface area contributed by atoms with Crippen molar-refractivity contribution in [3.8, 4) is 0 Å². The Morgan fingerprint density at radius 1 is 0.710 bits per heavy atom. The van der Waals surface area contributed by atoms with E-state index in [2.05, 4.69) is 22.3 Å². The largest absolute Gasteiger partial charge is 0.481 e. The van der Waals surface area contributed by atoms with Gasteiger partial charge in [-0.1, -0.05) is 38.5 Å². The Hall–Kier alpha value is -2.00. The van der Waals surface area contributed by atoms with E-state index in [1.165, 1.54) is 0 Å². The predicted octanol–water partition coefficient (Wildman–Crippen LogP) is 2.33. The summed E-state index contributed by atoms with van der Waals surface area (Å²) >= 11 is 0. The van der Waals surface area contributed by atoms with Crippen molar-refractivity contribution in [3.63, 3.8) is 0 Å². The van der Waals surface area contributed by atoms with Crippen molar-refractivity contribution in [1.82, 2.24) is 10.6 Å². The van der Waals surface area contributed by atoms with Crippen LogP contribution in [0.4, 0.5) is 0 Å². The summed E-state index contributed by atoms with van der Waals surface area (Å²) in [6.07, 6.45) is 9.70. The van der Waals surface area contributed by atoms with Crippen molar-refractivity contribution < 1.29 is 29.0 Å². The molecule has 0 aromatic heterocycles. The van der Waals surface area contributed by atoms with Crippen molar-refractivity contribution in [2.75, 3.05) is 46.1 Å². The number of hydrogen-bond acceptors (Lipinski definition) is 6. The number of unbranched alkanes of at least 4 members (excludes halogenated alkanes) is 7. The Bertz CT molecular complexity index is 488. The van der Waals surface area contributed by atoms with Crippen LogP contribution in [0.2, 0.25) is 0 Å². The number of nitrogens with zero attached hydrogens (tertiary/aromatic N) is 1. The van der Waals surface area contributed by atoms with Gasteiger partial charge in [0.05, 0.1) is 19.8 Å². The molecule has 0 spiro atoms. The number of carbonyl (C=O) groups is 3. The van der Waals surface area contributed by atoms with E-state index >= 15 is 0 Å². The molecule has 31 heavy (non-hydrogen) atoms. The monoisotopic (exact) mass is 443 g/mol. The molecule has 0 saturated carbocycles. The molecule has 0 aliphatic heterocycles. The lowest BCUT2D eigenvalue weighted by Crippen LogP contribution is -2.29. The SMILES string of the molecule is C=NCCCC(=O)NCCOCCOCC(=O)NCCCCCCCCCCC(=O)O. The van der Waals surface area contributed by atoms with E-state index in [1.807, 2.05) is 0 Å². The van der Waals surface area contributed by atoms with E-state index in [-0.39, 0.29) is 24.8 Å². The predicted molar refractivity (Wildman–Crippen MR) is 120 cm³/mol. The Balaban J connectivity index is 3.25. The second kappa shape index (κ2) is 22.7. The van der Waals surface area contributed by atoms with Crippen molar-refractivity contribution in [1.29, 1.82) is 0 Å². The van der Waals surface area contributed by atoms with E-state index in [0.717, 1.165) is 51.4 Å². The maximum Gasteiger partial charge on any atom is 0.303 e. The maximum absolute atomic E-state index is 11.7. The molecule has 0 aromatic rings. The van der Waals surface area contributed by atoms with Gasteiger partial charge in [0.25, 0.3) is 0 Å². The van der Waals surface area contributed by atoms with Crippen molar-refractivity contribution in [2.24, 2.45) is 4.99 Å². The summed E-state index contributed by atoms with van der Waals surface area (Å²) in [5.74, 6) is -0.861. The molecule has 2 amide bonds. The van der Waals surface area contributed by atoms with Crippen molar-refractivity contribution in [3.05, 3.63) is 0 Å². The molecule has 0 rings (SSSR count). The first-order valence-electron chi connectivity index (χ1n) is 11.4. The number of carbonyl (C=O) groups excluding carboxylic acids is 2. The van der Waals surface area contributed by atoms with Gasteiger partial charge in [0.2, 0.25) is 11.8 Å². The fourth-order valence-electron chi connectivity index (χ4n) is 2.83. The first-order chi connectivity index (χ1) is 15.1. The first-order valence-corrected chi connectivity index (χ1v) is 11.4. The topological polar surface area (TPSA) is 126 Å². The smallest absolute Gasteiger partial charge is 0.303 e. The maximum atomic E-state index is 11.7. The summed E-state index contributed by atoms with van der Waals surface area (Å²) in [7, 11) is 0. The van der Waals surface area contributed by atoms with Crippen LogP contribution in [0, 0.1) is 0 Å². The fourth-order valence-corrected chi connectivity index (χ4v) is 2.83. The molecular weight excluding hydrogens is 402 g/mol. The molecule has 9 heteroatoms. The lowest BCUT2D eigenvalue weighted by molar-refractivity contribution is -0.137. The van der Waals surface area contributed by atoms with Crippen LogP contribution in [0.15, 0.2) is 4.99 Å². The van der Waals surface area contributed by atoms with Gasteiger partial charge in [-0.05, 0) is 26.0 Å². The minimum Gasteiger partial charge on any atom is -0.481 e. The molecule has 180 valence electrons. The number of nitrogens with one attached hydrogen (secondary N) is 2. The molecular formula is C22H41N3O6. The molecule has 9 nitrogen and oxygen atoms in total. The Morgan fingerprint density at radius 2 is 1.32 bits per heavy atom. The highest BCUT2D eigenvalue weighted by Gasteiger charge is 2.02. The van der Waals surface area contributed by atoms with Gasteiger partial charge in [-0.2, -0.15) is 0 Å². The number of carboxylic acid groups (broad SMARTS) is 1. The zero-order valence-electron chi connectivity index (χ0n) is 18.9. The van der Waals surface area contributed by atoms with Crippen molar-refractivity contribution in [2.45, 2.75) is 70.6 Å². The van der Waals surface area contributed by atoms with Crippen LogP contribution in [0.3, 0.4) is 0 Å². The van der Waals surface area contributed by atoms with Crippen LogP contribution in [0.5, 0.6) is 0 Å². The zero-order valence-corrected chi connectivity index (χ0v) is 18.9. The average Bonchev–Trinajstić information content (AvgIpc) is 2.73. The number of carboxylic acids is 1. The highest BCUT2D eigenvalue weighted by Crippen LogP contribution is 2.09. The van der Waals surface area contributed by atoms with Crippen LogP contribution in [-0.2, 0) is 23.9 Å². The van der Waals surface area contributed by atoms with Crippen LogP contribution in [0.25, 0.3) is 0 Å². The highest BCUT2D eigenvalue weighted by atomic mass is 16.5. The highest BCUT2D eigenvalue weighted by molar-refractivity contribution is 5.77. The molecule has 0 aliphatic rings. The van der Waals surface area contributed by atoms with Gasteiger partial charge in [-0.25, -0.2) is 0 Å². The number of hydrogen-bond donors (Lipinski definition) is 3. The van der Waals surface area contributed by atoms with Crippen LogP contribution in [0.1, 0.15) is 70.6 Å².